The lowest BCUT2D eigenvalue weighted by atomic mass is 9.85. The van der Waals surface area contributed by atoms with E-state index in [1.54, 1.807) is 38.1 Å². The highest BCUT2D eigenvalue weighted by atomic mass is 35.5. The number of ether oxygens (including phenoxy) is 1. The van der Waals surface area contributed by atoms with Crippen LogP contribution in [0.2, 0.25) is 5.02 Å². The fourth-order valence-electron chi connectivity index (χ4n) is 5.03. The van der Waals surface area contributed by atoms with E-state index in [0.29, 0.717) is 30.0 Å². The molecule has 9 nitrogen and oxygen atoms in total. The van der Waals surface area contributed by atoms with Gasteiger partial charge in [0.1, 0.15) is 11.6 Å². The van der Waals surface area contributed by atoms with Crippen LogP contribution in [0.5, 0.6) is 5.75 Å². The Balaban J connectivity index is 1.47. The Bertz CT molecular complexity index is 1440. The van der Waals surface area contributed by atoms with Gasteiger partial charge in [-0.15, -0.1) is 0 Å². The van der Waals surface area contributed by atoms with Crippen molar-refractivity contribution >= 4 is 50.3 Å². The number of aryl methyl sites for hydroxylation is 1. The molecule has 1 saturated heterocycles. The molecular weight excluding hydrogens is 524 g/mol. The molecule has 0 aliphatic carbocycles. The summed E-state index contributed by atoms with van der Waals surface area (Å²) in [6, 6.07) is 8.81. The fraction of sp³-hybridized carbons (Fsp3) is 0.407. The van der Waals surface area contributed by atoms with E-state index in [1.165, 1.54) is 17.3 Å². The number of hydrogen-bond donors (Lipinski definition) is 4. The maximum Gasteiger partial charge on any atom is 0.229 e. The maximum absolute atomic E-state index is 12.9. The molecule has 3 heterocycles. The normalized spacial score (nSPS) is 15.9. The Morgan fingerprint density at radius 2 is 1.87 bits per heavy atom. The van der Waals surface area contributed by atoms with Crippen molar-refractivity contribution in [3.8, 4) is 5.75 Å². The van der Waals surface area contributed by atoms with Crippen LogP contribution in [0.25, 0.3) is 0 Å². The Hall–Kier alpha value is -3.08. The molecule has 4 N–H and O–H groups in total. The van der Waals surface area contributed by atoms with Gasteiger partial charge in [0.25, 0.3) is 0 Å². The predicted molar refractivity (Wildman–Crippen MR) is 152 cm³/mol. The average molecular weight is 557 g/mol. The van der Waals surface area contributed by atoms with Gasteiger partial charge >= 0.3 is 0 Å². The maximum atomic E-state index is 12.9. The second-order valence-electron chi connectivity index (χ2n) is 9.89. The van der Waals surface area contributed by atoms with E-state index in [2.05, 4.69) is 44.2 Å². The van der Waals surface area contributed by atoms with Crippen LogP contribution in [0, 0.1) is 6.92 Å². The van der Waals surface area contributed by atoms with Crippen molar-refractivity contribution in [2.75, 3.05) is 42.2 Å². The van der Waals surface area contributed by atoms with Crippen molar-refractivity contribution in [1.82, 2.24) is 15.3 Å². The van der Waals surface area contributed by atoms with Crippen LogP contribution in [0.1, 0.15) is 43.7 Å². The number of para-hydroxylation sites is 1. The van der Waals surface area contributed by atoms with Gasteiger partial charge in [-0.2, -0.15) is 4.98 Å². The summed E-state index contributed by atoms with van der Waals surface area (Å²) < 4.78 is 31.9. The highest BCUT2D eigenvalue weighted by molar-refractivity contribution is 7.92. The average Bonchev–Trinajstić information content (AvgIpc) is 2.91. The lowest BCUT2D eigenvalue weighted by Crippen LogP contribution is -2.28. The molecule has 0 spiro atoms. The predicted octanol–water partition coefficient (Wildman–Crippen LogP) is 5.38. The summed E-state index contributed by atoms with van der Waals surface area (Å²) in [7, 11) is -3.52. The topological polar surface area (TPSA) is 117 Å². The van der Waals surface area contributed by atoms with Crippen LogP contribution in [0.15, 0.2) is 41.4 Å². The van der Waals surface area contributed by atoms with Gasteiger partial charge in [-0.1, -0.05) is 23.7 Å². The molecule has 0 amide bonds. The van der Waals surface area contributed by atoms with Crippen LogP contribution < -0.4 is 26.0 Å². The van der Waals surface area contributed by atoms with Gasteiger partial charge in [-0.25, -0.2) is 13.4 Å². The van der Waals surface area contributed by atoms with Gasteiger partial charge in [0, 0.05) is 6.54 Å². The zero-order chi connectivity index (χ0) is 26.9. The minimum absolute atomic E-state index is 0.192. The Labute approximate surface area is 228 Å². The monoisotopic (exact) mass is 556 g/mol. The van der Waals surface area contributed by atoms with Crippen molar-refractivity contribution in [3.05, 3.63) is 52.7 Å². The molecule has 0 saturated carbocycles. The summed E-state index contributed by atoms with van der Waals surface area (Å²) in [4.78, 5) is 9.14. The molecule has 2 aliphatic rings. The molecule has 1 fully saturated rings. The minimum Gasteiger partial charge on any atom is -0.487 e. The van der Waals surface area contributed by atoms with Gasteiger partial charge in [0.15, 0.2) is 21.4 Å². The van der Waals surface area contributed by atoms with Crippen molar-refractivity contribution in [3.63, 3.8) is 0 Å². The van der Waals surface area contributed by atoms with Gasteiger partial charge in [0.05, 0.1) is 33.4 Å². The first-order valence-corrected chi connectivity index (χ1v) is 14.8. The SMILES string of the molecule is Cc1cc(Nc2ncc(Cl)c(Nc3ccccc3S(=O)(=O)C(C)C)n2)c2c(c1C1CCNCC1)NCCO2. The van der Waals surface area contributed by atoms with E-state index in [4.69, 9.17) is 16.3 Å². The second kappa shape index (κ2) is 11.0. The summed E-state index contributed by atoms with van der Waals surface area (Å²) in [6.45, 7) is 8.76. The highest BCUT2D eigenvalue weighted by Gasteiger charge is 2.27. The van der Waals surface area contributed by atoms with Gasteiger partial charge in [0.2, 0.25) is 5.95 Å². The van der Waals surface area contributed by atoms with E-state index < -0.39 is 15.1 Å². The molecule has 38 heavy (non-hydrogen) atoms. The Morgan fingerprint density at radius 1 is 1.11 bits per heavy atom. The number of sulfone groups is 1. The molecule has 3 aromatic rings. The van der Waals surface area contributed by atoms with Crippen molar-refractivity contribution in [2.45, 2.75) is 49.7 Å². The molecule has 5 rings (SSSR count). The molecule has 2 aromatic carbocycles. The molecule has 11 heteroatoms. The van der Waals surface area contributed by atoms with Crippen LogP contribution in [-0.2, 0) is 9.84 Å². The lowest BCUT2D eigenvalue weighted by molar-refractivity contribution is 0.323. The number of benzene rings is 2. The first-order chi connectivity index (χ1) is 18.3. The summed E-state index contributed by atoms with van der Waals surface area (Å²) in [5.74, 6) is 1.84. The van der Waals surface area contributed by atoms with Crippen molar-refractivity contribution in [2.24, 2.45) is 0 Å². The summed E-state index contributed by atoms with van der Waals surface area (Å²) in [5, 5.41) is 13.1. The number of hydrogen-bond acceptors (Lipinski definition) is 9. The standard InChI is InChI=1S/C27H33ClN6O3S/c1-16(2)38(35,36)22-7-5-4-6-20(22)32-26-19(28)15-31-27(34-26)33-21-14-17(3)23(18-8-10-29-11-9-18)24-25(21)37-13-12-30-24/h4-7,14-16,18,29-30H,8-13H2,1-3H3,(H2,31,32,33,34). The Kier molecular flexibility index (Phi) is 7.65. The molecule has 2 aliphatic heterocycles. The Morgan fingerprint density at radius 3 is 2.63 bits per heavy atom. The van der Waals surface area contributed by atoms with E-state index in [1.807, 2.05) is 0 Å². The number of halogens is 1. The highest BCUT2D eigenvalue weighted by Crippen LogP contribution is 2.46. The molecule has 0 bridgehead atoms. The van der Waals surface area contributed by atoms with Gasteiger partial charge in [-0.3, -0.25) is 0 Å². The summed E-state index contributed by atoms with van der Waals surface area (Å²) >= 11 is 6.42. The lowest BCUT2D eigenvalue weighted by Gasteiger charge is -2.31. The third-order valence-electron chi connectivity index (χ3n) is 6.98. The largest absolute Gasteiger partial charge is 0.487 e. The fourth-order valence-corrected chi connectivity index (χ4v) is 6.37. The summed E-state index contributed by atoms with van der Waals surface area (Å²) in [6.07, 6.45) is 3.66. The molecular formula is C27H33ClN6O3S. The molecule has 0 unspecified atom stereocenters. The van der Waals surface area contributed by atoms with Gasteiger partial charge < -0.3 is 26.0 Å². The van der Waals surface area contributed by atoms with E-state index in [9.17, 15) is 8.42 Å². The van der Waals surface area contributed by atoms with E-state index in [0.717, 1.165) is 49.6 Å². The third kappa shape index (κ3) is 5.25. The molecule has 0 radical (unpaired) electrons. The number of piperidine rings is 1. The second-order valence-corrected chi connectivity index (χ2v) is 12.8. The zero-order valence-electron chi connectivity index (χ0n) is 21.8. The van der Waals surface area contributed by atoms with Crippen molar-refractivity contribution < 1.29 is 13.2 Å². The smallest absolute Gasteiger partial charge is 0.229 e. The first kappa shape index (κ1) is 26.5. The van der Waals surface area contributed by atoms with Crippen LogP contribution in [0.4, 0.5) is 28.8 Å². The number of nitrogens with one attached hydrogen (secondary N) is 4. The molecule has 202 valence electrons. The number of rotatable bonds is 7. The number of aromatic nitrogens is 2. The number of nitrogens with zero attached hydrogens (tertiary/aromatic N) is 2. The first-order valence-electron chi connectivity index (χ1n) is 12.9. The van der Waals surface area contributed by atoms with Crippen LogP contribution >= 0.6 is 11.6 Å². The van der Waals surface area contributed by atoms with Crippen molar-refractivity contribution in [1.29, 1.82) is 0 Å². The van der Waals surface area contributed by atoms with E-state index >= 15 is 0 Å². The van der Waals surface area contributed by atoms with Crippen LogP contribution in [-0.4, -0.2) is 49.9 Å². The van der Waals surface area contributed by atoms with E-state index in [-0.39, 0.29) is 9.92 Å². The molecule has 1 aromatic heterocycles. The molecule has 0 atom stereocenters. The quantitative estimate of drug-likeness (QED) is 0.304. The van der Waals surface area contributed by atoms with Crippen LogP contribution in [0.3, 0.4) is 0 Å². The number of fused-ring (bicyclic) bond motifs is 1. The number of anilines is 5. The minimum atomic E-state index is -3.52. The summed E-state index contributed by atoms with van der Waals surface area (Å²) in [5.41, 5.74) is 4.69. The van der Waals surface area contributed by atoms with Gasteiger partial charge in [-0.05, 0) is 81.9 Å². The third-order valence-corrected chi connectivity index (χ3v) is 9.47. The zero-order valence-corrected chi connectivity index (χ0v) is 23.3.